The minimum atomic E-state index is 0.113. The van der Waals surface area contributed by atoms with E-state index in [2.05, 4.69) is 18.8 Å². The molecule has 1 N–H and O–H groups in total. The Morgan fingerprint density at radius 1 is 1.50 bits per heavy atom. The van der Waals surface area contributed by atoms with Crippen molar-refractivity contribution in [1.29, 1.82) is 0 Å². The summed E-state index contributed by atoms with van der Waals surface area (Å²) in [5.41, 5.74) is 1.06. The third-order valence-electron chi connectivity index (χ3n) is 2.19. The van der Waals surface area contributed by atoms with Crippen LogP contribution in [-0.2, 0) is 19.9 Å². The molecule has 0 aromatic carbocycles. The van der Waals surface area contributed by atoms with E-state index in [0.29, 0.717) is 17.5 Å². The van der Waals surface area contributed by atoms with Crippen molar-refractivity contribution in [3.8, 4) is 0 Å². The molecule has 80 valence electrons. The topological polar surface area (TPSA) is 38.1 Å². The number of imidazole rings is 1. The molecule has 0 atom stereocenters. The van der Waals surface area contributed by atoms with E-state index >= 15 is 0 Å². The van der Waals surface area contributed by atoms with Gasteiger partial charge in [0.1, 0.15) is 5.82 Å². The van der Waals surface area contributed by atoms with Gasteiger partial charge in [-0.3, -0.25) is 0 Å². The van der Waals surface area contributed by atoms with Gasteiger partial charge in [0.05, 0.1) is 12.3 Å². The van der Waals surface area contributed by atoms with Gasteiger partial charge in [-0.15, -0.1) is 0 Å². The molecule has 0 saturated heterocycles. The maximum absolute atomic E-state index is 8.83. The highest BCUT2D eigenvalue weighted by molar-refractivity contribution is 6.30. The first-order chi connectivity index (χ1) is 6.56. The number of aromatic nitrogens is 2. The van der Waals surface area contributed by atoms with E-state index in [1.54, 1.807) is 0 Å². The molecule has 1 rings (SSSR count). The molecule has 3 nitrogen and oxygen atoms in total. The molecule has 0 amide bonds. The van der Waals surface area contributed by atoms with Crippen LogP contribution >= 0.6 is 11.6 Å². The molecule has 0 aliphatic heterocycles. The lowest BCUT2D eigenvalue weighted by Gasteiger charge is -2.07. The van der Waals surface area contributed by atoms with Crippen molar-refractivity contribution < 1.29 is 5.11 Å². The molecule has 14 heavy (non-hydrogen) atoms. The fraction of sp³-hybridized carbons (Fsp3) is 0.700. The lowest BCUT2D eigenvalue weighted by molar-refractivity contribution is 0.295. The Kier molecular flexibility index (Phi) is 3.96. The van der Waals surface area contributed by atoms with Gasteiger partial charge in [0.2, 0.25) is 0 Å². The Hall–Kier alpha value is -0.540. The second-order valence-electron chi connectivity index (χ2n) is 3.90. The highest BCUT2D eigenvalue weighted by Crippen LogP contribution is 2.19. The average molecular weight is 217 g/mol. The molecule has 0 saturated carbocycles. The maximum atomic E-state index is 8.83. The van der Waals surface area contributed by atoms with Crippen molar-refractivity contribution in [3.05, 3.63) is 16.7 Å². The first-order valence-corrected chi connectivity index (χ1v) is 5.24. The highest BCUT2D eigenvalue weighted by atomic mass is 35.5. The summed E-state index contributed by atoms with van der Waals surface area (Å²) in [5, 5.41) is 9.40. The monoisotopic (exact) mass is 216 g/mol. The maximum Gasteiger partial charge on any atom is 0.150 e. The first-order valence-electron chi connectivity index (χ1n) is 4.87. The highest BCUT2D eigenvalue weighted by Gasteiger charge is 2.13. The average Bonchev–Trinajstić information content (AvgIpc) is 2.33. The first kappa shape index (κ1) is 11.5. The molecule has 0 radical (unpaired) electrons. The molecule has 1 aromatic rings. The van der Waals surface area contributed by atoms with Crippen LogP contribution in [0.4, 0.5) is 0 Å². The van der Waals surface area contributed by atoms with Crippen LogP contribution in [0.25, 0.3) is 0 Å². The molecule has 0 aliphatic carbocycles. The Morgan fingerprint density at radius 3 is 2.64 bits per heavy atom. The van der Waals surface area contributed by atoms with Crippen LogP contribution in [0.5, 0.6) is 0 Å². The number of aliphatic hydroxyl groups is 1. The predicted molar refractivity (Wildman–Crippen MR) is 57.5 cm³/mol. The molecule has 4 heteroatoms. The lowest BCUT2D eigenvalue weighted by Crippen LogP contribution is -2.06. The molecule has 1 heterocycles. The normalized spacial score (nSPS) is 11.3. The zero-order valence-corrected chi connectivity index (χ0v) is 9.67. The van der Waals surface area contributed by atoms with E-state index in [4.69, 9.17) is 16.7 Å². The fourth-order valence-electron chi connectivity index (χ4n) is 1.48. The number of nitrogens with zero attached hydrogens (tertiary/aromatic N) is 2. The standard InChI is InChI=1S/C10H17ClN2O/c1-7(2)6-8-10(11)12-9(4-5-14)13(8)3/h7,14H,4-6H2,1-3H3. The molecule has 0 unspecified atom stereocenters. The van der Waals surface area contributed by atoms with Gasteiger partial charge >= 0.3 is 0 Å². The molecular formula is C10H17ClN2O. The zero-order valence-electron chi connectivity index (χ0n) is 8.92. The summed E-state index contributed by atoms with van der Waals surface area (Å²) >= 11 is 6.02. The third kappa shape index (κ3) is 2.49. The third-order valence-corrected chi connectivity index (χ3v) is 2.50. The van der Waals surface area contributed by atoms with Gasteiger partial charge in [0, 0.05) is 13.5 Å². The Morgan fingerprint density at radius 2 is 2.14 bits per heavy atom. The van der Waals surface area contributed by atoms with Gasteiger partial charge in [0.15, 0.2) is 5.15 Å². The summed E-state index contributed by atoms with van der Waals surface area (Å²) in [6, 6.07) is 0. The summed E-state index contributed by atoms with van der Waals surface area (Å²) in [4.78, 5) is 4.22. The Bertz CT molecular complexity index is 307. The Balaban J connectivity index is 2.92. The van der Waals surface area contributed by atoms with Crippen molar-refractivity contribution in [2.45, 2.75) is 26.7 Å². The lowest BCUT2D eigenvalue weighted by atomic mass is 10.1. The van der Waals surface area contributed by atoms with Gasteiger partial charge in [-0.25, -0.2) is 4.98 Å². The SMILES string of the molecule is CC(C)Cc1c(Cl)nc(CCO)n1C. The van der Waals surface area contributed by atoms with Crippen molar-refractivity contribution in [1.82, 2.24) is 9.55 Å². The Labute approximate surface area is 89.7 Å². The second-order valence-corrected chi connectivity index (χ2v) is 4.25. The molecular weight excluding hydrogens is 200 g/mol. The van der Waals surface area contributed by atoms with E-state index in [9.17, 15) is 0 Å². The van der Waals surface area contributed by atoms with E-state index in [1.807, 2.05) is 11.6 Å². The number of aliphatic hydroxyl groups excluding tert-OH is 1. The van der Waals surface area contributed by atoms with Gasteiger partial charge in [-0.1, -0.05) is 25.4 Å². The molecule has 1 aromatic heterocycles. The van der Waals surface area contributed by atoms with Gasteiger partial charge in [-0.2, -0.15) is 0 Å². The van der Waals surface area contributed by atoms with E-state index in [0.717, 1.165) is 17.9 Å². The quantitative estimate of drug-likeness (QED) is 0.834. The van der Waals surface area contributed by atoms with Crippen molar-refractivity contribution in [3.63, 3.8) is 0 Å². The number of hydrogen-bond acceptors (Lipinski definition) is 2. The van der Waals surface area contributed by atoms with Crippen LogP contribution in [0.2, 0.25) is 5.15 Å². The minimum absolute atomic E-state index is 0.113. The van der Waals surface area contributed by atoms with Gasteiger partial charge in [-0.05, 0) is 12.3 Å². The van der Waals surface area contributed by atoms with Crippen LogP contribution in [-0.4, -0.2) is 21.3 Å². The molecule has 0 bridgehead atoms. The summed E-state index contributed by atoms with van der Waals surface area (Å²) in [7, 11) is 1.95. The van der Waals surface area contributed by atoms with Crippen molar-refractivity contribution in [2.75, 3.05) is 6.61 Å². The van der Waals surface area contributed by atoms with Crippen LogP contribution < -0.4 is 0 Å². The van der Waals surface area contributed by atoms with Gasteiger partial charge in [0.25, 0.3) is 0 Å². The summed E-state index contributed by atoms with van der Waals surface area (Å²) in [6.45, 7) is 4.41. The summed E-state index contributed by atoms with van der Waals surface area (Å²) in [5.74, 6) is 1.41. The summed E-state index contributed by atoms with van der Waals surface area (Å²) < 4.78 is 1.98. The molecule has 0 aliphatic rings. The van der Waals surface area contributed by atoms with Gasteiger partial charge < -0.3 is 9.67 Å². The van der Waals surface area contributed by atoms with Crippen LogP contribution in [0.1, 0.15) is 25.4 Å². The smallest absolute Gasteiger partial charge is 0.150 e. The van der Waals surface area contributed by atoms with Crippen LogP contribution in [0.3, 0.4) is 0 Å². The zero-order chi connectivity index (χ0) is 10.7. The number of hydrogen-bond donors (Lipinski definition) is 1. The number of rotatable bonds is 4. The van der Waals surface area contributed by atoms with Crippen molar-refractivity contribution >= 4 is 11.6 Å². The van der Waals surface area contributed by atoms with E-state index in [-0.39, 0.29) is 6.61 Å². The molecule has 0 fully saturated rings. The predicted octanol–water partition coefficient (Wildman–Crippen LogP) is 1.81. The largest absolute Gasteiger partial charge is 0.396 e. The fourth-order valence-corrected chi connectivity index (χ4v) is 1.78. The minimum Gasteiger partial charge on any atom is -0.396 e. The summed E-state index contributed by atoms with van der Waals surface area (Å²) in [6.07, 6.45) is 1.49. The van der Waals surface area contributed by atoms with E-state index < -0.39 is 0 Å². The molecule has 0 spiro atoms. The van der Waals surface area contributed by atoms with Crippen molar-refractivity contribution in [2.24, 2.45) is 13.0 Å². The van der Waals surface area contributed by atoms with E-state index in [1.165, 1.54) is 0 Å². The number of halogens is 1. The van der Waals surface area contributed by atoms with Crippen LogP contribution in [0.15, 0.2) is 0 Å². The second kappa shape index (κ2) is 4.80. The van der Waals surface area contributed by atoms with Crippen LogP contribution in [0, 0.1) is 5.92 Å².